The fourth-order valence-corrected chi connectivity index (χ4v) is 1.99. The number of carbonyl (C=O) groups is 2. The molecule has 1 aromatic rings. The fraction of sp³-hybridized carbons (Fsp3) is 0.429. The Balaban J connectivity index is 0.00000441. The number of nitrogen functional groups attached to an aromatic ring is 1. The lowest BCUT2D eigenvalue weighted by Crippen LogP contribution is -2.40. The van der Waals surface area contributed by atoms with Crippen molar-refractivity contribution in [3.63, 3.8) is 0 Å². The molecule has 0 saturated heterocycles. The number of nitrogens with two attached hydrogens (primary N) is 1. The van der Waals surface area contributed by atoms with Crippen LogP contribution < -0.4 is 15.8 Å². The highest BCUT2D eigenvalue weighted by molar-refractivity contribution is 6.33. The molecule has 0 bridgehead atoms. The number of carbonyl (C=O) groups excluding carboxylic acids is 2. The molecular formula is C14H21Cl2N3O3. The largest absolute Gasteiger partial charge is 0.496 e. The van der Waals surface area contributed by atoms with Crippen LogP contribution in [0.2, 0.25) is 5.02 Å². The Morgan fingerprint density at radius 2 is 2.00 bits per heavy atom. The van der Waals surface area contributed by atoms with E-state index in [2.05, 4.69) is 5.32 Å². The van der Waals surface area contributed by atoms with E-state index in [4.69, 9.17) is 22.1 Å². The quantitative estimate of drug-likeness (QED) is 0.768. The third-order valence-electron chi connectivity index (χ3n) is 2.93. The second kappa shape index (κ2) is 9.38. The summed E-state index contributed by atoms with van der Waals surface area (Å²) in [5, 5.41) is 2.93. The highest BCUT2D eigenvalue weighted by Gasteiger charge is 2.21. The van der Waals surface area contributed by atoms with Crippen LogP contribution in [0.5, 0.6) is 5.75 Å². The van der Waals surface area contributed by atoms with Gasteiger partial charge in [0, 0.05) is 19.2 Å². The highest BCUT2D eigenvalue weighted by Crippen LogP contribution is 2.29. The molecule has 0 aliphatic heterocycles. The van der Waals surface area contributed by atoms with E-state index >= 15 is 0 Å². The number of nitrogens with one attached hydrogen (secondary N) is 1. The minimum absolute atomic E-state index is 0. The predicted molar refractivity (Wildman–Crippen MR) is 89.9 cm³/mol. The molecule has 0 saturated carbocycles. The zero-order valence-corrected chi connectivity index (χ0v) is 14.4. The van der Waals surface area contributed by atoms with Crippen molar-refractivity contribution in [1.82, 2.24) is 10.2 Å². The summed E-state index contributed by atoms with van der Waals surface area (Å²) in [7, 11) is 1.44. The van der Waals surface area contributed by atoms with E-state index in [1.54, 1.807) is 6.92 Å². The number of hydrogen-bond acceptors (Lipinski definition) is 4. The number of nitrogens with zero attached hydrogens (tertiary/aromatic N) is 1. The normalized spacial score (nSPS) is 9.64. The molecule has 0 atom stereocenters. The molecule has 22 heavy (non-hydrogen) atoms. The monoisotopic (exact) mass is 349 g/mol. The zero-order valence-electron chi connectivity index (χ0n) is 12.8. The summed E-state index contributed by atoms with van der Waals surface area (Å²) < 4.78 is 5.16. The van der Waals surface area contributed by atoms with Crippen LogP contribution in [-0.2, 0) is 4.79 Å². The number of anilines is 1. The third-order valence-corrected chi connectivity index (χ3v) is 3.25. The van der Waals surface area contributed by atoms with Crippen molar-refractivity contribution in [3.8, 4) is 5.75 Å². The van der Waals surface area contributed by atoms with Crippen molar-refractivity contribution in [3.05, 3.63) is 22.7 Å². The maximum atomic E-state index is 12.5. The molecule has 124 valence electrons. The fourth-order valence-electron chi connectivity index (χ4n) is 1.83. The maximum absolute atomic E-state index is 12.5. The van der Waals surface area contributed by atoms with Gasteiger partial charge in [0.25, 0.3) is 5.91 Å². The van der Waals surface area contributed by atoms with Crippen LogP contribution in [-0.4, -0.2) is 43.5 Å². The van der Waals surface area contributed by atoms with Gasteiger partial charge in [0.2, 0.25) is 5.91 Å². The van der Waals surface area contributed by atoms with Gasteiger partial charge in [-0.15, -0.1) is 12.4 Å². The molecule has 0 aliphatic carbocycles. The van der Waals surface area contributed by atoms with Crippen LogP contribution in [0.25, 0.3) is 0 Å². The molecule has 0 fully saturated rings. The summed E-state index contributed by atoms with van der Waals surface area (Å²) in [5.41, 5.74) is 6.30. The predicted octanol–water partition coefficient (Wildman–Crippen LogP) is 1.95. The molecule has 0 unspecified atom stereocenters. The number of rotatable bonds is 6. The second-order valence-electron chi connectivity index (χ2n) is 4.35. The molecule has 0 aromatic heterocycles. The van der Waals surface area contributed by atoms with Gasteiger partial charge in [-0.1, -0.05) is 11.6 Å². The van der Waals surface area contributed by atoms with Crippen molar-refractivity contribution in [2.75, 3.05) is 32.5 Å². The van der Waals surface area contributed by atoms with Crippen molar-refractivity contribution >= 4 is 41.5 Å². The smallest absolute Gasteiger partial charge is 0.258 e. The van der Waals surface area contributed by atoms with Crippen LogP contribution in [0.1, 0.15) is 24.2 Å². The average molecular weight is 350 g/mol. The summed E-state index contributed by atoms with van der Waals surface area (Å²) in [6.07, 6.45) is 0. The molecule has 0 heterocycles. The molecule has 3 N–H and O–H groups in total. The molecule has 1 aromatic carbocycles. The van der Waals surface area contributed by atoms with Crippen molar-refractivity contribution in [1.29, 1.82) is 0 Å². The average Bonchev–Trinajstić information content (AvgIpc) is 2.46. The molecule has 0 radical (unpaired) electrons. The highest BCUT2D eigenvalue weighted by atomic mass is 35.5. The van der Waals surface area contributed by atoms with Crippen LogP contribution in [0.3, 0.4) is 0 Å². The zero-order chi connectivity index (χ0) is 16.0. The van der Waals surface area contributed by atoms with Crippen molar-refractivity contribution in [2.45, 2.75) is 13.8 Å². The topological polar surface area (TPSA) is 84.7 Å². The lowest BCUT2D eigenvalue weighted by Gasteiger charge is -2.21. The number of amides is 2. The van der Waals surface area contributed by atoms with E-state index in [-0.39, 0.29) is 41.4 Å². The Labute approximate surface area is 141 Å². The summed E-state index contributed by atoms with van der Waals surface area (Å²) in [6, 6.07) is 2.95. The molecule has 0 spiro atoms. The molecule has 1 rings (SSSR count). The van der Waals surface area contributed by atoms with E-state index in [9.17, 15) is 9.59 Å². The lowest BCUT2D eigenvalue weighted by molar-refractivity contribution is -0.121. The van der Waals surface area contributed by atoms with E-state index in [0.29, 0.717) is 24.5 Å². The van der Waals surface area contributed by atoms with Gasteiger partial charge in [0.05, 0.1) is 29.9 Å². The minimum Gasteiger partial charge on any atom is -0.496 e. The third kappa shape index (κ3) is 4.96. The number of benzene rings is 1. The summed E-state index contributed by atoms with van der Waals surface area (Å²) in [6.45, 7) is 4.50. The van der Waals surface area contributed by atoms with Crippen LogP contribution >= 0.6 is 24.0 Å². The van der Waals surface area contributed by atoms with Gasteiger partial charge in [-0.2, -0.15) is 0 Å². The van der Waals surface area contributed by atoms with E-state index in [0.717, 1.165) is 0 Å². The SMILES string of the molecule is CCNC(=O)CN(CC)C(=O)c1cc(Cl)c(N)cc1OC.Cl. The molecule has 0 aliphatic rings. The van der Waals surface area contributed by atoms with Gasteiger partial charge in [0.1, 0.15) is 5.75 Å². The molecular weight excluding hydrogens is 329 g/mol. The maximum Gasteiger partial charge on any atom is 0.258 e. The summed E-state index contributed by atoms with van der Waals surface area (Å²) in [5.74, 6) is -0.216. The number of likely N-dealkylation sites (N-methyl/N-ethyl adjacent to an activating group) is 2. The van der Waals surface area contributed by atoms with Gasteiger partial charge < -0.3 is 20.7 Å². The molecule has 6 nitrogen and oxygen atoms in total. The Morgan fingerprint density at radius 1 is 1.36 bits per heavy atom. The van der Waals surface area contributed by atoms with Gasteiger partial charge in [-0.05, 0) is 19.9 Å². The minimum atomic E-state index is -0.331. The van der Waals surface area contributed by atoms with Crippen molar-refractivity contribution in [2.24, 2.45) is 0 Å². The standard InChI is InChI=1S/C14H20ClN3O3.ClH/c1-4-17-13(19)8-18(5-2)14(20)9-6-10(15)11(16)7-12(9)21-3;/h6-7H,4-5,8,16H2,1-3H3,(H,17,19);1H. The van der Waals surface area contributed by atoms with Crippen LogP contribution in [0.15, 0.2) is 12.1 Å². The number of halogens is 2. The van der Waals surface area contributed by atoms with Crippen LogP contribution in [0, 0.1) is 0 Å². The van der Waals surface area contributed by atoms with Gasteiger partial charge in [-0.25, -0.2) is 0 Å². The first kappa shape index (κ1) is 20.3. The first-order chi connectivity index (χ1) is 9.94. The number of hydrogen-bond donors (Lipinski definition) is 2. The van der Waals surface area contributed by atoms with Crippen LogP contribution in [0.4, 0.5) is 5.69 Å². The molecule has 8 heteroatoms. The van der Waals surface area contributed by atoms with E-state index in [1.807, 2.05) is 6.92 Å². The first-order valence-electron chi connectivity index (χ1n) is 6.63. The Kier molecular flexibility index (Phi) is 8.67. The summed E-state index contributed by atoms with van der Waals surface area (Å²) in [4.78, 5) is 25.6. The number of methoxy groups -OCH3 is 1. The Morgan fingerprint density at radius 3 is 2.50 bits per heavy atom. The lowest BCUT2D eigenvalue weighted by atomic mass is 10.1. The first-order valence-corrected chi connectivity index (χ1v) is 7.01. The molecule has 2 amide bonds. The number of ether oxygens (including phenoxy) is 1. The van der Waals surface area contributed by atoms with E-state index < -0.39 is 0 Å². The Hall–Kier alpha value is -1.66. The summed E-state index contributed by atoms with van der Waals surface area (Å²) >= 11 is 5.96. The van der Waals surface area contributed by atoms with E-state index in [1.165, 1.54) is 24.1 Å². The van der Waals surface area contributed by atoms with Gasteiger partial charge in [-0.3, -0.25) is 9.59 Å². The Bertz CT molecular complexity index is 538. The van der Waals surface area contributed by atoms with Gasteiger partial charge in [0.15, 0.2) is 0 Å². The van der Waals surface area contributed by atoms with Gasteiger partial charge >= 0.3 is 0 Å². The van der Waals surface area contributed by atoms with Crippen molar-refractivity contribution < 1.29 is 14.3 Å². The second-order valence-corrected chi connectivity index (χ2v) is 4.75.